The van der Waals surface area contributed by atoms with Crippen LogP contribution in [0.2, 0.25) is 0 Å². The molecule has 10 heteroatoms. The van der Waals surface area contributed by atoms with Crippen molar-refractivity contribution < 1.29 is 22.4 Å². The van der Waals surface area contributed by atoms with Crippen LogP contribution in [0.25, 0.3) is 22.6 Å². The van der Waals surface area contributed by atoms with Crippen molar-refractivity contribution in [1.82, 2.24) is 9.29 Å². The number of carbonyl (C=O) groups excluding carboxylic acids is 2. The number of hydrogen-bond acceptors (Lipinski definition) is 6. The van der Waals surface area contributed by atoms with Gasteiger partial charge in [-0.2, -0.15) is 4.31 Å². The number of fused-ring (bicyclic) bond motifs is 1. The summed E-state index contributed by atoms with van der Waals surface area (Å²) in [5, 5.41) is 0. The van der Waals surface area contributed by atoms with Crippen molar-refractivity contribution in [3.05, 3.63) is 88.9 Å². The summed E-state index contributed by atoms with van der Waals surface area (Å²) in [4.78, 5) is 32.7. The van der Waals surface area contributed by atoms with E-state index in [2.05, 4.69) is 27.0 Å². The molecule has 210 valence electrons. The number of rotatable bonds is 8. The standard InChI is InChI=1S/C31H28BrN3O5S/c32-23-12-16-25(17-13-23)41(38,39)34(19-18-21-6-2-1-3-7-21)27-20-29(36)35(31(27)37)24-14-10-22(11-15-24)30-33-26-8-4-5-9-28(26)40-30/h4-6,8-17,27H,1-3,7,18-20H2. The number of carbonyl (C=O) groups is 2. The van der Waals surface area contributed by atoms with Crippen molar-refractivity contribution in [2.75, 3.05) is 11.4 Å². The molecular weight excluding hydrogens is 606 g/mol. The number of hydrogen-bond donors (Lipinski definition) is 0. The van der Waals surface area contributed by atoms with Crippen molar-refractivity contribution in [2.24, 2.45) is 0 Å². The molecule has 41 heavy (non-hydrogen) atoms. The summed E-state index contributed by atoms with van der Waals surface area (Å²) in [5.74, 6) is -0.566. The molecule has 2 aliphatic rings. The van der Waals surface area contributed by atoms with Gasteiger partial charge in [0.05, 0.1) is 17.0 Å². The molecule has 0 saturated carbocycles. The van der Waals surface area contributed by atoms with E-state index < -0.39 is 27.9 Å². The molecule has 1 fully saturated rings. The van der Waals surface area contributed by atoms with Gasteiger partial charge in [0.15, 0.2) is 5.58 Å². The fourth-order valence-corrected chi connectivity index (χ4v) is 7.28. The van der Waals surface area contributed by atoms with Gasteiger partial charge in [0.2, 0.25) is 21.8 Å². The third kappa shape index (κ3) is 5.51. The first-order chi connectivity index (χ1) is 19.8. The quantitative estimate of drug-likeness (QED) is 0.163. The van der Waals surface area contributed by atoms with Gasteiger partial charge in [0, 0.05) is 16.6 Å². The number of anilines is 1. The van der Waals surface area contributed by atoms with Crippen LogP contribution in [0, 0.1) is 0 Å². The third-order valence-corrected chi connectivity index (χ3v) is 10.0. The summed E-state index contributed by atoms with van der Waals surface area (Å²) in [6.07, 6.45) is 6.55. The highest BCUT2D eigenvalue weighted by Crippen LogP contribution is 2.33. The number of imide groups is 1. The van der Waals surface area contributed by atoms with Gasteiger partial charge in [-0.1, -0.05) is 39.7 Å². The second-order valence-corrected chi connectivity index (χ2v) is 13.1. The van der Waals surface area contributed by atoms with Crippen molar-refractivity contribution in [3.8, 4) is 11.5 Å². The SMILES string of the molecule is O=C1CC(N(CCC2=CCCCC2)S(=O)(=O)c2ccc(Br)cc2)C(=O)N1c1ccc(-c2nc3ccccc3o2)cc1. The first kappa shape index (κ1) is 27.6. The predicted molar refractivity (Wildman–Crippen MR) is 160 cm³/mol. The number of benzene rings is 3. The summed E-state index contributed by atoms with van der Waals surface area (Å²) in [5.41, 5.74) is 3.65. The van der Waals surface area contributed by atoms with Crippen LogP contribution in [-0.2, 0) is 19.6 Å². The Morgan fingerprint density at radius 3 is 2.44 bits per heavy atom. The lowest BCUT2D eigenvalue weighted by molar-refractivity contribution is -0.122. The van der Waals surface area contributed by atoms with Gasteiger partial charge >= 0.3 is 0 Å². The average Bonchev–Trinajstić information content (AvgIpc) is 3.54. The van der Waals surface area contributed by atoms with E-state index in [4.69, 9.17) is 4.42 Å². The van der Waals surface area contributed by atoms with Gasteiger partial charge in [-0.05, 0) is 92.8 Å². The molecule has 0 radical (unpaired) electrons. The molecule has 0 spiro atoms. The Morgan fingerprint density at radius 1 is 0.976 bits per heavy atom. The molecule has 1 unspecified atom stereocenters. The molecule has 1 aliphatic carbocycles. The minimum Gasteiger partial charge on any atom is -0.436 e. The van der Waals surface area contributed by atoms with Gasteiger partial charge in [-0.25, -0.2) is 18.3 Å². The van der Waals surface area contributed by atoms with Crippen molar-refractivity contribution in [2.45, 2.75) is 49.5 Å². The van der Waals surface area contributed by atoms with Crippen molar-refractivity contribution >= 4 is 54.6 Å². The van der Waals surface area contributed by atoms with Crippen LogP contribution < -0.4 is 4.90 Å². The highest BCUT2D eigenvalue weighted by Gasteiger charge is 2.46. The van der Waals surface area contributed by atoms with E-state index in [0.717, 1.165) is 40.6 Å². The Hall–Kier alpha value is -3.60. The highest BCUT2D eigenvalue weighted by atomic mass is 79.9. The van der Waals surface area contributed by atoms with E-state index in [1.54, 1.807) is 36.4 Å². The largest absolute Gasteiger partial charge is 0.436 e. The molecule has 2 heterocycles. The van der Waals surface area contributed by atoms with E-state index >= 15 is 0 Å². The van der Waals surface area contributed by atoms with E-state index in [0.29, 0.717) is 29.1 Å². The number of amides is 2. The average molecular weight is 635 g/mol. The first-order valence-electron chi connectivity index (χ1n) is 13.6. The summed E-state index contributed by atoms with van der Waals surface area (Å²) in [6, 6.07) is 19.4. The van der Waals surface area contributed by atoms with Gasteiger partial charge in [0.1, 0.15) is 11.6 Å². The molecule has 4 aromatic rings. The first-order valence-corrected chi connectivity index (χ1v) is 15.8. The van der Waals surface area contributed by atoms with Crippen molar-refractivity contribution in [3.63, 3.8) is 0 Å². The second-order valence-electron chi connectivity index (χ2n) is 10.2. The molecule has 0 N–H and O–H groups in total. The molecule has 1 aromatic heterocycles. The van der Waals surface area contributed by atoms with Gasteiger partial charge in [-0.3, -0.25) is 9.59 Å². The number of nitrogens with zero attached hydrogens (tertiary/aromatic N) is 3. The summed E-state index contributed by atoms with van der Waals surface area (Å²) in [6.45, 7) is 0.123. The topological polar surface area (TPSA) is 101 Å². The lowest BCUT2D eigenvalue weighted by Crippen LogP contribution is -2.46. The van der Waals surface area contributed by atoms with E-state index in [1.807, 2.05) is 24.3 Å². The maximum atomic E-state index is 13.9. The number of allylic oxidation sites excluding steroid dienone is 1. The smallest absolute Gasteiger partial charge is 0.252 e. The number of oxazole rings is 1. The Labute approximate surface area is 246 Å². The van der Waals surface area contributed by atoms with E-state index in [-0.39, 0.29) is 17.9 Å². The Bertz CT molecular complexity index is 1710. The maximum Gasteiger partial charge on any atom is 0.252 e. The summed E-state index contributed by atoms with van der Waals surface area (Å²) >= 11 is 3.35. The summed E-state index contributed by atoms with van der Waals surface area (Å²) < 4.78 is 35.5. The lowest BCUT2D eigenvalue weighted by atomic mass is 9.97. The fraction of sp³-hybridized carbons (Fsp3) is 0.258. The predicted octanol–water partition coefficient (Wildman–Crippen LogP) is 6.47. The number of sulfonamides is 1. The molecule has 1 saturated heterocycles. The lowest BCUT2D eigenvalue weighted by Gasteiger charge is -2.28. The number of para-hydroxylation sites is 2. The minimum atomic E-state index is -4.05. The molecule has 2 amide bonds. The van der Waals surface area contributed by atoms with Crippen LogP contribution in [0.15, 0.2) is 98.2 Å². The molecule has 0 bridgehead atoms. The van der Waals surface area contributed by atoms with Crippen LogP contribution in [0.4, 0.5) is 5.69 Å². The monoisotopic (exact) mass is 633 g/mol. The molecule has 6 rings (SSSR count). The molecule has 1 atom stereocenters. The zero-order chi connectivity index (χ0) is 28.6. The molecule has 1 aliphatic heterocycles. The molecular formula is C31H28BrN3O5S. The summed E-state index contributed by atoms with van der Waals surface area (Å²) in [7, 11) is -4.05. The molecule has 8 nitrogen and oxygen atoms in total. The Balaban J connectivity index is 1.28. The normalized spacial score (nSPS) is 18.0. The van der Waals surface area contributed by atoms with E-state index in [1.165, 1.54) is 22.0 Å². The van der Waals surface area contributed by atoms with Crippen molar-refractivity contribution in [1.29, 1.82) is 0 Å². The highest BCUT2D eigenvalue weighted by molar-refractivity contribution is 9.10. The van der Waals surface area contributed by atoms with Crippen LogP contribution >= 0.6 is 15.9 Å². The van der Waals surface area contributed by atoms with Crippen LogP contribution in [0.1, 0.15) is 38.5 Å². The number of halogens is 1. The van der Waals surface area contributed by atoms with E-state index in [9.17, 15) is 18.0 Å². The number of aromatic nitrogens is 1. The Kier molecular flexibility index (Phi) is 7.63. The van der Waals surface area contributed by atoms with Gasteiger partial charge < -0.3 is 4.42 Å². The third-order valence-electron chi connectivity index (χ3n) is 7.60. The van der Waals surface area contributed by atoms with Crippen LogP contribution in [0.5, 0.6) is 0 Å². The Morgan fingerprint density at radius 2 is 1.73 bits per heavy atom. The zero-order valence-electron chi connectivity index (χ0n) is 22.2. The van der Waals surface area contributed by atoms with Crippen LogP contribution in [0.3, 0.4) is 0 Å². The molecule has 3 aromatic carbocycles. The maximum absolute atomic E-state index is 13.9. The van der Waals surface area contributed by atoms with Crippen LogP contribution in [-0.4, -0.2) is 42.1 Å². The van der Waals surface area contributed by atoms with Gasteiger partial charge in [-0.15, -0.1) is 0 Å². The van der Waals surface area contributed by atoms with Gasteiger partial charge in [0.25, 0.3) is 5.91 Å². The fourth-order valence-electron chi connectivity index (χ4n) is 5.43. The second kappa shape index (κ2) is 11.3. The minimum absolute atomic E-state index is 0.0831. The zero-order valence-corrected chi connectivity index (χ0v) is 24.6.